The molecule has 0 aliphatic carbocycles. The summed E-state index contributed by atoms with van der Waals surface area (Å²) in [7, 11) is 0. The fraction of sp³-hybridized carbons (Fsp3) is 0.227. The molecular weight excluding hydrogens is 326 g/mol. The molecule has 1 unspecified atom stereocenters. The zero-order valence-electron chi connectivity index (χ0n) is 14.8. The lowest BCUT2D eigenvalue weighted by Gasteiger charge is -2.15. The molecule has 4 nitrogen and oxygen atoms in total. The van der Waals surface area contributed by atoms with Crippen LogP contribution < -0.4 is 10.1 Å². The molecule has 0 saturated heterocycles. The second-order valence-electron chi connectivity index (χ2n) is 6.15. The molecule has 0 bridgehead atoms. The maximum absolute atomic E-state index is 12.8. The van der Waals surface area contributed by atoms with E-state index in [0.717, 1.165) is 16.3 Å². The topological polar surface area (TPSA) is 58.6 Å². The van der Waals surface area contributed by atoms with Crippen molar-refractivity contribution in [3.05, 3.63) is 77.9 Å². The predicted octanol–water partition coefficient (Wildman–Crippen LogP) is 3.57. The van der Waals surface area contributed by atoms with Crippen molar-refractivity contribution in [1.29, 1.82) is 0 Å². The van der Waals surface area contributed by atoms with Gasteiger partial charge in [0.05, 0.1) is 18.3 Å². The highest BCUT2D eigenvalue weighted by Crippen LogP contribution is 2.28. The number of aliphatic hydroxyl groups excluding tert-OH is 1. The first kappa shape index (κ1) is 18.0. The third kappa shape index (κ3) is 4.21. The van der Waals surface area contributed by atoms with E-state index >= 15 is 0 Å². The number of carbonyl (C=O) groups excluding carboxylic acids is 1. The molecule has 0 aromatic heterocycles. The molecular formula is C22H23NO3. The molecule has 1 amide bonds. The molecule has 0 fully saturated rings. The Balaban J connectivity index is 1.75. The van der Waals surface area contributed by atoms with Crippen LogP contribution in [0.15, 0.2) is 66.7 Å². The van der Waals surface area contributed by atoms with E-state index in [4.69, 9.17) is 4.74 Å². The van der Waals surface area contributed by atoms with Crippen molar-refractivity contribution in [2.24, 2.45) is 0 Å². The average molecular weight is 349 g/mol. The first-order valence-corrected chi connectivity index (χ1v) is 8.83. The summed E-state index contributed by atoms with van der Waals surface area (Å²) >= 11 is 0. The molecule has 0 spiro atoms. The molecule has 0 aliphatic heterocycles. The molecule has 3 aromatic rings. The SMILES string of the molecule is CCOc1ccc2ccccc2c1C(=O)NCC(O)Cc1ccccc1. The lowest BCUT2D eigenvalue weighted by Crippen LogP contribution is -2.33. The van der Waals surface area contributed by atoms with Crippen LogP contribution in [0, 0.1) is 0 Å². The van der Waals surface area contributed by atoms with Crippen LogP contribution in [-0.2, 0) is 6.42 Å². The Hall–Kier alpha value is -2.85. The van der Waals surface area contributed by atoms with Crippen LogP contribution in [0.3, 0.4) is 0 Å². The van der Waals surface area contributed by atoms with Crippen LogP contribution in [0.2, 0.25) is 0 Å². The number of rotatable bonds is 7. The van der Waals surface area contributed by atoms with E-state index in [2.05, 4.69) is 5.32 Å². The number of benzene rings is 3. The van der Waals surface area contributed by atoms with Gasteiger partial charge in [-0.15, -0.1) is 0 Å². The van der Waals surface area contributed by atoms with E-state index in [1.54, 1.807) is 0 Å². The van der Waals surface area contributed by atoms with Crippen LogP contribution in [-0.4, -0.2) is 30.3 Å². The van der Waals surface area contributed by atoms with Gasteiger partial charge in [-0.05, 0) is 29.3 Å². The molecule has 0 saturated carbocycles. The Bertz CT molecular complexity index is 877. The van der Waals surface area contributed by atoms with E-state index < -0.39 is 6.10 Å². The van der Waals surface area contributed by atoms with Gasteiger partial charge in [-0.1, -0.05) is 60.7 Å². The van der Waals surface area contributed by atoms with Gasteiger partial charge in [0.1, 0.15) is 5.75 Å². The van der Waals surface area contributed by atoms with Crippen molar-refractivity contribution in [2.45, 2.75) is 19.4 Å². The van der Waals surface area contributed by atoms with Crippen LogP contribution in [0.25, 0.3) is 10.8 Å². The predicted molar refractivity (Wildman–Crippen MR) is 104 cm³/mol. The van der Waals surface area contributed by atoms with Crippen LogP contribution in [0.1, 0.15) is 22.8 Å². The highest BCUT2D eigenvalue weighted by Gasteiger charge is 2.17. The van der Waals surface area contributed by atoms with Gasteiger partial charge < -0.3 is 15.2 Å². The third-order valence-electron chi connectivity index (χ3n) is 4.23. The second kappa shape index (κ2) is 8.50. The number of hydrogen-bond acceptors (Lipinski definition) is 3. The summed E-state index contributed by atoms with van der Waals surface area (Å²) in [5.41, 5.74) is 1.55. The molecule has 2 N–H and O–H groups in total. The molecule has 0 heterocycles. The molecule has 0 radical (unpaired) electrons. The van der Waals surface area contributed by atoms with E-state index in [1.165, 1.54) is 0 Å². The summed E-state index contributed by atoms with van der Waals surface area (Å²) in [6.07, 6.45) is -0.151. The number of aliphatic hydroxyl groups is 1. The van der Waals surface area contributed by atoms with Crippen molar-refractivity contribution < 1.29 is 14.6 Å². The highest BCUT2D eigenvalue weighted by atomic mass is 16.5. The van der Waals surface area contributed by atoms with Gasteiger partial charge in [-0.2, -0.15) is 0 Å². The Kier molecular flexibility index (Phi) is 5.87. The van der Waals surface area contributed by atoms with Gasteiger partial charge in [-0.25, -0.2) is 0 Å². The van der Waals surface area contributed by atoms with Crippen molar-refractivity contribution in [2.75, 3.05) is 13.2 Å². The van der Waals surface area contributed by atoms with Gasteiger partial charge in [0.2, 0.25) is 0 Å². The number of hydrogen-bond donors (Lipinski definition) is 2. The summed E-state index contributed by atoms with van der Waals surface area (Å²) in [6, 6.07) is 21.2. The van der Waals surface area contributed by atoms with Crippen molar-refractivity contribution in [3.8, 4) is 5.75 Å². The van der Waals surface area contributed by atoms with Gasteiger partial charge in [0.15, 0.2) is 0 Å². The fourth-order valence-electron chi connectivity index (χ4n) is 3.02. The van der Waals surface area contributed by atoms with E-state index in [9.17, 15) is 9.90 Å². The molecule has 26 heavy (non-hydrogen) atoms. The second-order valence-corrected chi connectivity index (χ2v) is 6.15. The van der Waals surface area contributed by atoms with Crippen LogP contribution >= 0.6 is 0 Å². The minimum atomic E-state index is -0.646. The summed E-state index contributed by atoms with van der Waals surface area (Å²) in [5.74, 6) is 0.318. The zero-order chi connectivity index (χ0) is 18.4. The maximum Gasteiger partial charge on any atom is 0.255 e. The minimum Gasteiger partial charge on any atom is -0.493 e. The molecule has 134 valence electrons. The van der Waals surface area contributed by atoms with Gasteiger partial charge in [0, 0.05) is 13.0 Å². The first-order valence-electron chi connectivity index (χ1n) is 8.83. The molecule has 4 heteroatoms. The summed E-state index contributed by atoms with van der Waals surface area (Å²) < 4.78 is 5.65. The van der Waals surface area contributed by atoms with Gasteiger partial charge >= 0.3 is 0 Å². The molecule has 1 atom stereocenters. The van der Waals surface area contributed by atoms with Gasteiger partial charge in [-0.3, -0.25) is 4.79 Å². The number of fused-ring (bicyclic) bond motifs is 1. The minimum absolute atomic E-state index is 0.183. The third-order valence-corrected chi connectivity index (χ3v) is 4.23. The summed E-state index contributed by atoms with van der Waals surface area (Å²) in [4.78, 5) is 12.8. The van der Waals surface area contributed by atoms with E-state index in [-0.39, 0.29) is 12.5 Å². The van der Waals surface area contributed by atoms with Crippen molar-refractivity contribution in [3.63, 3.8) is 0 Å². The Labute approximate surface area is 153 Å². The number of carbonyl (C=O) groups is 1. The van der Waals surface area contributed by atoms with Crippen molar-refractivity contribution in [1.82, 2.24) is 5.32 Å². The molecule has 0 aliphatic rings. The van der Waals surface area contributed by atoms with Gasteiger partial charge in [0.25, 0.3) is 5.91 Å². The fourth-order valence-corrected chi connectivity index (χ4v) is 3.02. The van der Waals surface area contributed by atoms with Crippen LogP contribution in [0.4, 0.5) is 0 Å². The Morgan fingerprint density at radius 3 is 2.54 bits per heavy atom. The number of ether oxygens (including phenoxy) is 1. The van der Waals surface area contributed by atoms with E-state index in [1.807, 2.05) is 73.7 Å². The highest BCUT2D eigenvalue weighted by molar-refractivity contribution is 6.09. The standard InChI is InChI=1S/C22H23NO3/c1-2-26-20-13-12-17-10-6-7-11-19(17)21(20)22(25)23-15-18(24)14-16-8-4-3-5-9-16/h3-13,18,24H,2,14-15H2,1H3,(H,23,25). The smallest absolute Gasteiger partial charge is 0.255 e. The maximum atomic E-state index is 12.8. The zero-order valence-corrected chi connectivity index (χ0v) is 14.8. The monoisotopic (exact) mass is 349 g/mol. The number of amides is 1. The quantitative estimate of drug-likeness (QED) is 0.685. The summed E-state index contributed by atoms with van der Waals surface area (Å²) in [5, 5.41) is 14.9. The van der Waals surface area contributed by atoms with Crippen molar-refractivity contribution >= 4 is 16.7 Å². The molecule has 3 aromatic carbocycles. The van der Waals surface area contributed by atoms with Crippen LogP contribution in [0.5, 0.6) is 5.75 Å². The largest absolute Gasteiger partial charge is 0.493 e. The average Bonchev–Trinajstić information content (AvgIpc) is 2.67. The molecule has 3 rings (SSSR count). The lowest BCUT2D eigenvalue weighted by molar-refractivity contribution is 0.0914. The number of nitrogens with one attached hydrogen (secondary N) is 1. The Morgan fingerprint density at radius 2 is 1.77 bits per heavy atom. The summed E-state index contributed by atoms with van der Waals surface area (Å²) in [6.45, 7) is 2.55. The Morgan fingerprint density at radius 1 is 1.04 bits per heavy atom. The normalized spacial score (nSPS) is 11.9. The first-order chi connectivity index (χ1) is 12.7. The lowest BCUT2D eigenvalue weighted by atomic mass is 10.0. The van der Waals surface area contributed by atoms with E-state index in [0.29, 0.717) is 24.3 Å².